The van der Waals surface area contributed by atoms with Crippen LogP contribution in [-0.2, 0) is 19.1 Å². The molecular weight excluding hydrogens is 450 g/mol. The SMILES string of the molecule is COCC(=O)Nc1ccc2c(c1)C(=O)N(C)C[C@@H](OC)[C@H](C)CN(C(=O)C1CCCC1)[C@@H](C)CO2. The first kappa shape index (κ1) is 26.9. The molecule has 1 heterocycles. The summed E-state index contributed by atoms with van der Waals surface area (Å²) in [5.74, 6) is 0.122. The van der Waals surface area contributed by atoms with E-state index in [0.29, 0.717) is 30.1 Å². The largest absolute Gasteiger partial charge is 0.491 e. The third-order valence-corrected chi connectivity index (χ3v) is 6.99. The number of hydrogen-bond acceptors (Lipinski definition) is 6. The summed E-state index contributed by atoms with van der Waals surface area (Å²) in [7, 11) is 4.80. The molecule has 3 amide bonds. The van der Waals surface area contributed by atoms with Gasteiger partial charge in [-0.15, -0.1) is 0 Å². The van der Waals surface area contributed by atoms with Crippen LogP contribution in [0, 0.1) is 11.8 Å². The van der Waals surface area contributed by atoms with Crippen LogP contribution in [0.25, 0.3) is 0 Å². The van der Waals surface area contributed by atoms with Crippen molar-refractivity contribution in [2.75, 3.05) is 52.9 Å². The van der Waals surface area contributed by atoms with Crippen LogP contribution >= 0.6 is 0 Å². The van der Waals surface area contributed by atoms with Crippen LogP contribution in [0.3, 0.4) is 0 Å². The number of hydrogen-bond donors (Lipinski definition) is 1. The van der Waals surface area contributed by atoms with Crippen molar-refractivity contribution in [1.29, 1.82) is 0 Å². The molecule has 35 heavy (non-hydrogen) atoms. The minimum absolute atomic E-state index is 0.0154. The average Bonchev–Trinajstić information content (AvgIpc) is 3.38. The fraction of sp³-hybridized carbons (Fsp3) is 0.654. The highest BCUT2D eigenvalue weighted by atomic mass is 16.5. The van der Waals surface area contributed by atoms with E-state index in [1.165, 1.54) is 7.11 Å². The smallest absolute Gasteiger partial charge is 0.257 e. The molecule has 2 aliphatic rings. The van der Waals surface area contributed by atoms with Gasteiger partial charge in [0.05, 0.1) is 17.7 Å². The molecule has 0 aromatic heterocycles. The Hall–Kier alpha value is -2.65. The highest BCUT2D eigenvalue weighted by Crippen LogP contribution is 2.30. The number of anilines is 1. The third-order valence-electron chi connectivity index (χ3n) is 6.99. The maximum atomic E-state index is 13.4. The van der Waals surface area contributed by atoms with E-state index in [1.807, 2.05) is 11.8 Å². The van der Waals surface area contributed by atoms with Crippen LogP contribution in [0.1, 0.15) is 49.9 Å². The van der Waals surface area contributed by atoms with E-state index in [2.05, 4.69) is 12.2 Å². The minimum atomic E-state index is -0.315. The van der Waals surface area contributed by atoms with Crippen molar-refractivity contribution in [3.63, 3.8) is 0 Å². The molecular formula is C26H39N3O6. The Morgan fingerprint density at radius 1 is 1.14 bits per heavy atom. The Morgan fingerprint density at radius 2 is 1.86 bits per heavy atom. The van der Waals surface area contributed by atoms with E-state index in [-0.39, 0.29) is 54.9 Å². The van der Waals surface area contributed by atoms with Gasteiger partial charge < -0.3 is 29.3 Å². The van der Waals surface area contributed by atoms with Crippen LogP contribution in [-0.4, -0.2) is 87.2 Å². The topological polar surface area (TPSA) is 97.4 Å². The van der Waals surface area contributed by atoms with Crippen LogP contribution in [0.2, 0.25) is 0 Å². The third kappa shape index (κ3) is 6.73. The van der Waals surface area contributed by atoms with Crippen molar-refractivity contribution in [3.05, 3.63) is 23.8 Å². The van der Waals surface area contributed by atoms with Crippen LogP contribution in [0.15, 0.2) is 18.2 Å². The summed E-state index contributed by atoms with van der Waals surface area (Å²) in [5, 5.41) is 2.74. The Morgan fingerprint density at radius 3 is 2.51 bits per heavy atom. The van der Waals surface area contributed by atoms with Gasteiger partial charge in [-0.2, -0.15) is 0 Å². The lowest BCUT2D eigenvalue weighted by molar-refractivity contribution is -0.139. The first-order valence-corrected chi connectivity index (χ1v) is 12.4. The number of carbonyl (C=O) groups is 3. The van der Waals surface area contributed by atoms with Crippen molar-refractivity contribution in [2.24, 2.45) is 11.8 Å². The van der Waals surface area contributed by atoms with Crippen molar-refractivity contribution < 1.29 is 28.6 Å². The van der Waals surface area contributed by atoms with Gasteiger partial charge in [-0.3, -0.25) is 14.4 Å². The first-order chi connectivity index (χ1) is 16.7. The highest BCUT2D eigenvalue weighted by molar-refractivity contribution is 5.99. The summed E-state index contributed by atoms with van der Waals surface area (Å²) >= 11 is 0. The predicted octanol–water partition coefficient (Wildman–Crippen LogP) is 2.79. The molecule has 1 N–H and O–H groups in total. The van der Waals surface area contributed by atoms with Gasteiger partial charge >= 0.3 is 0 Å². The van der Waals surface area contributed by atoms with E-state index in [9.17, 15) is 14.4 Å². The second-order valence-electron chi connectivity index (χ2n) is 9.76. The zero-order valence-electron chi connectivity index (χ0n) is 21.5. The molecule has 1 aliphatic heterocycles. The number of benzene rings is 1. The Bertz CT molecular complexity index is 901. The molecule has 0 bridgehead atoms. The fourth-order valence-electron chi connectivity index (χ4n) is 4.90. The molecule has 3 rings (SSSR count). The van der Waals surface area contributed by atoms with Gasteiger partial charge in [0, 0.05) is 51.9 Å². The Labute approximate surface area is 208 Å². The number of amides is 3. The van der Waals surface area contributed by atoms with Gasteiger partial charge in [-0.25, -0.2) is 0 Å². The number of nitrogens with one attached hydrogen (secondary N) is 1. The Balaban J connectivity index is 1.92. The fourth-order valence-corrected chi connectivity index (χ4v) is 4.90. The second kappa shape index (κ2) is 12.4. The number of ether oxygens (including phenoxy) is 3. The molecule has 1 aliphatic carbocycles. The molecule has 1 saturated carbocycles. The number of methoxy groups -OCH3 is 2. The molecule has 9 nitrogen and oxygen atoms in total. The van der Waals surface area contributed by atoms with Crippen molar-refractivity contribution in [2.45, 2.75) is 51.7 Å². The van der Waals surface area contributed by atoms with E-state index in [4.69, 9.17) is 14.2 Å². The zero-order chi connectivity index (χ0) is 25.5. The number of nitrogens with zero attached hydrogens (tertiary/aromatic N) is 2. The molecule has 0 spiro atoms. The molecule has 194 valence electrons. The van der Waals surface area contributed by atoms with Crippen molar-refractivity contribution in [1.82, 2.24) is 9.80 Å². The Kier molecular flexibility index (Phi) is 9.51. The maximum absolute atomic E-state index is 13.4. The summed E-state index contributed by atoms with van der Waals surface area (Å²) in [6.07, 6.45) is 3.80. The summed E-state index contributed by atoms with van der Waals surface area (Å²) in [4.78, 5) is 42.4. The van der Waals surface area contributed by atoms with Gasteiger partial charge in [-0.05, 0) is 38.0 Å². The molecule has 3 atom stereocenters. The lowest BCUT2D eigenvalue weighted by atomic mass is 9.99. The van der Waals surface area contributed by atoms with Crippen LogP contribution in [0.5, 0.6) is 5.75 Å². The lowest BCUT2D eigenvalue weighted by Crippen LogP contribution is -2.50. The summed E-state index contributed by atoms with van der Waals surface area (Å²) < 4.78 is 16.8. The average molecular weight is 490 g/mol. The van der Waals surface area contributed by atoms with E-state index >= 15 is 0 Å². The summed E-state index contributed by atoms with van der Waals surface area (Å²) in [5.41, 5.74) is 0.817. The number of likely N-dealkylation sites (N-methyl/N-ethyl adjacent to an activating group) is 1. The van der Waals surface area contributed by atoms with E-state index in [0.717, 1.165) is 25.7 Å². The molecule has 0 unspecified atom stereocenters. The van der Waals surface area contributed by atoms with Crippen LogP contribution in [0.4, 0.5) is 5.69 Å². The molecule has 0 saturated heterocycles. The van der Waals surface area contributed by atoms with Gasteiger partial charge in [-0.1, -0.05) is 19.8 Å². The van der Waals surface area contributed by atoms with Gasteiger partial charge in [0.15, 0.2) is 0 Å². The molecule has 0 radical (unpaired) electrons. The summed E-state index contributed by atoms with van der Waals surface area (Å²) in [6.45, 7) is 5.10. The highest BCUT2D eigenvalue weighted by Gasteiger charge is 2.34. The number of fused-ring (bicyclic) bond motifs is 1. The monoisotopic (exact) mass is 489 g/mol. The second-order valence-corrected chi connectivity index (χ2v) is 9.76. The van der Waals surface area contributed by atoms with Crippen molar-refractivity contribution >= 4 is 23.4 Å². The van der Waals surface area contributed by atoms with E-state index < -0.39 is 0 Å². The minimum Gasteiger partial charge on any atom is -0.491 e. The molecule has 9 heteroatoms. The van der Waals surface area contributed by atoms with Gasteiger partial charge in [0.25, 0.3) is 5.91 Å². The maximum Gasteiger partial charge on any atom is 0.257 e. The normalized spacial score (nSPS) is 24.3. The lowest BCUT2D eigenvalue weighted by Gasteiger charge is -2.37. The van der Waals surface area contributed by atoms with Crippen LogP contribution < -0.4 is 10.1 Å². The van der Waals surface area contributed by atoms with Gasteiger partial charge in [0.1, 0.15) is 19.0 Å². The predicted molar refractivity (Wildman–Crippen MR) is 132 cm³/mol. The molecule has 1 aromatic carbocycles. The molecule has 1 fully saturated rings. The van der Waals surface area contributed by atoms with E-state index in [1.54, 1.807) is 37.3 Å². The number of rotatable bonds is 5. The van der Waals surface area contributed by atoms with Crippen molar-refractivity contribution in [3.8, 4) is 5.75 Å². The standard InChI is InChI=1S/C26H39N3O6/c1-17-13-29(25(31)19-8-6-7-9-19)18(2)15-35-22-11-10-20(27-24(30)16-33-4)12-21(22)26(32)28(3)14-23(17)34-5/h10-12,17-19,23H,6-9,13-16H2,1-5H3,(H,27,30)/t17-,18+,23-/m1/s1. The molecule has 1 aromatic rings. The number of carbonyl (C=O) groups excluding carboxylic acids is 3. The van der Waals surface area contributed by atoms with Gasteiger partial charge in [0.2, 0.25) is 11.8 Å². The zero-order valence-corrected chi connectivity index (χ0v) is 21.5. The quantitative estimate of drug-likeness (QED) is 0.683. The first-order valence-electron chi connectivity index (χ1n) is 12.4. The summed E-state index contributed by atoms with van der Waals surface area (Å²) in [6, 6.07) is 4.81.